The number of rotatable bonds is 5. The fourth-order valence-corrected chi connectivity index (χ4v) is 3.69. The van der Waals surface area contributed by atoms with Gasteiger partial charge in [0.25, 0.3) is 0 Å². The summed E-state index contributed by atoms with van der Waals surface area (Å²) in [7, 11) is 1.39. The van der Waals surface area contributed by atoms with Gasteiger partial charge in [0.2, 0.25) is 0 Å². The molecule has 122 valence electrons. The predicted molar refractivity (Wildman–Crippen MR) is 81.6 cm³/mol. The van der Waals surface area contributed by atoms with E-state index in [9.17, 15) is 9.59 Å². The summed E-state index contributed by atoms with van der Waals surface area (Å²) >= 11 is 0. The average Bonchev–Trinajstić information content (AvgIpc) is 2.21. The molecule has 1 saturated heterocycles. The van der Waals surface area contributed by atoms with Gasteiger partial charge in [0.1, 0.15) is 6.10 Å². The van der Waals surface area contributed by atoms with Crippen LogP contribution < -0.4 is 0 Å². The Morgan fingerprint density at radius 2 is 1.67 bits per heavy atom. The van der Waals surface area contributed by atoms with Crippen molar-refractivity contribution in [2.45, 2.75) is 67.4 Å². The van der Waals surface area contributed by atoms with E-state index in [-0.39, 0.29) is 34.8 Å². The van der Waals surface area contributed by atoms with Crippen LogP contribution in [-0.2, 0) is 19.1 Å². The van der Waals surface area contributed by atoms with Crippen molar-refractivity contribution in [2.24, 2.45) is 22.2 Å². The van der Waals surface area contributed by atoms with Crippen molar-refractivity contribution in [1.29, 1.82) is 0 Å². The number of hydrogen-bond donors (Lipinski definition) is 0. The standard InChI is InChI=1S/C17H30O4/c1-15(2,3)10-17(6,7)12-11(21-13(12)18)9-16(4,5)14(19)20-8/h11-12H,9-10H2,1-8H3/t11-,12?/m1/s1. The van der Waals surface area contributed by atoms with Gasteiger partial charge in [0.15, 0.2) is 0 Å². The molecular formula is C17H30O4. The van der Waals surface area contributed by atoms with Gasteiger partial charge in [-0.05, 0) is 31.1 Å². The Hall–Kier alpha value is -1.06. The SMILES string of the molecule is COC(=O)C(C)(C)C[C@H]1OC(=O)C1C(C)(C)CC(C)(C)C. The van der Waals surface area contributed by atoms with E-state index in [1.54, 1.807) is 0 Å². The molecule has 0 bridgehead atoms. The number of hydrogen-bond acceptors (Lipinski definition) is 4. The Balaban J connectivity index is 2.83. The molecule has 1 aliphatic heterocycles. The summed E-state index contributed by atoms with van der Waals surface area (Å²) in [6.45, 7) is 14.4. The van der Waals surface area contributed by atoms with Crippen LogP contribution in [-0.4, -0.2) is 25.2 Å². The zero-order valence-electron chi connectivity index (χ0n) is 14.7. The molecule has 1 unspecified atom stereocenters. The van der Waals surface area contributed by atoms with Crippen molar-refractivity contribution in [1.82, 2.24) is 0 Å². The first kappa shape index (κ1) is 18.0. The highest BCUT2D eigenvalue weighted by atomic mass is 16.6. The maximum absolute atomic E-state index is 12.0. The first-order valence-electron chi connectivity index (χ1n) is 7.59. The Kier molecular flexibility index (Phi) is 4.81. The van der Waals surface area contributed by atoms with Gasteiger partial charge < -0.3 is 9.47 Å². The fraction of sp³-hybridized carbons (Fsp3) is 0.882. The summed E-state index contributed by atoms with van der Waals surface area (Å²) in [5.74, 6) is -0.562. The normalized spacial score (nSPS) is 23.3. The second kappa shape index (κ2) is 5.62. The number of methoxy groups -OCH3 is 1. The van der Waals surface area contributed by atoms with Crippen molar-refractivity contribution in [3.8, 4) is 0 Å². The molecule has 0 N–H and O–H groups in total. The van der Waals surface area contributed by atoms with Gasteiger partial charge in [-0.25, -0.2) is 0 Å². The molecule has 0 aromatic heterocycles. The summed E-state index contributed by atoms with van der Waals surface area (Å²) < 4.78 is 10.2. The molecule has 0 spiro atoms. The molecule has 4 heteroatoms. The van der Waals surface area contributed by atoms with Crippen LogP contribution in [0.3, 0.4) is 0 Å². The molecule has 0 aromatic rings. The number of esters is 2. The van der Waals surface area contributed by atoms with Crippen LogP contribution in [0.15, 0.2) is 0 Å². The van der Waals surface area contributed by atoms with Crippen LogP contribution in [0.25, 0.3) is 0 Å². The number of carbonyl (C=O) groups excluding carboxylic acids is 2. The first-order chi connectivity index (χ1) is 9.30. The van der Waals surface area contributed by atoms with Crippen LogP contribution in [0, 0.1) is 22.2 Å². The molecule has 1 fully saturated rings. The number of cyclic esters (lactones) is 1. The molecule has 4 nitrogen and oxygen atoms in total. The average molecular weight is 298 g/mol. The molecule has 21 heavy (non-hydrogen) atoms. The van der Waals surface area contributed by atoms with Crippen LogP contribution in [0.1, 0.15) is 61.3 Å². The third kappa shape index (κ3) is 4.21. The summed E-state index contributed by atoms with van der Waals surface area (Å²) in [6, 6.07) is 0. The summed E-state index contributed by atoms with van der Waals surface area (Å²) in [4.78, 5) is 23.8. The van der Waals surface area contributed by atoms with Crippen molar-refractivity contribution >= 4 is 11.9 Å². The Labute approximate surface area is 128 Å². The second-order valence-electron chi connectivity index (χ2n) is 8.76. The summed E-state index contributed by atoms with van der Waals surface area (Å²) in [5.41, 5.74) is -0.650. The van der Waals surface area contributed by atoms with E-state index in [1.807, 2.05) is 13.8 Å². The van der Waals surface area contributed by atoms with E-state index in [0.29, 0.717) is 6.42 Å². The second-order valence-corrected chi connectivity index (χ2v) is 8.76. The highest BCUT2D eigenvalue weighted by Gasteiger charge is 2.54. The lowest BCUT2D eigenvalue weighted by atomic mass is 9.63. The minimum Gasteiger partial charge on any atom is -0.469 e. The van der Waals surface area contributed by atoms with E-state index < -0.39 is 5.41 Å². The van der Waals surface area contributed by atoms with Crippen LogP contribution in [0.5, 0.6) is 0 Å². The van der Waals surface area contributed by atoms with Crippen molar-refractivity contribution in [3.63, 3.8) is 0 Å². The Bertz CT molecular complexity index is 415. The van der Waals surface area contributed by atoms with E-state index >= 15 is 0 Å². The maximum Gasteiger partial charge on any atom is 0.313 e. The first-order valence-corrected chi connectivity index (χ1v) is 7.59. The molecule has 1 heterocycles. The minimum atomic E-state index is -0.643. The molecule has 1 aliphatic rings. The van der Waals surface area contributed by atoms with Crippen molar-refractivity contribution in [3.05, 3.63) is 0 Å². The van der Waals surface area contributed by atoms with E-state index in [0.717, 1.165) is 6.42 Å². The fourth-order valence-electron chi connectivity index (χ4n) is 3.69. The molecular weight excluding hydrogens is 268 g/mol. The molecule has 1 rings (SSSR count). The zero-order chi connectivity index (χ0) is 16.6. The highest BCUT2D eigenvalue weighted by Crippen LogP contribution is 2.48. The minimum absolute atomic E-state index is 0.141. The molecule has 0 aliphatic carbocycles. The van der Waals surface area contributed by atoms with Crippen LogP contribution in [0.2, 0.25) is 0 Å². The lowest BCUT2D eigenvalue weighted by molar-refractivity contribution is -0.204. The number of carbonyl (C=O) groups is 2. The van der Waals surface area contributed by atoms with Gasteiger partial charge in [0.05, 0.1) is 18.4 Å². The zero-order valence-corrected chi connectivity index (χ0v) is 14.7. The Morgan fingerprint density at radius 1 is 1.14 bits per heavy atom. The van der Waals surface area contributed by atoms with Gasteiger partial charge in [-0.2, -0.15) is 0 Å². The van der Waals surface area contributed by atoms with E-state index in [2.05, 4.69) is 34.6 Å². The highest BCUT2D eigenvalue weighted by molar-refractivity contribution is 5.80. The molecule has 0 amide bonds. The monoisotopic (exact) mass is 298 g/mol. The van der Waals surface area contributed by atoms with Crippen molar-refractivity contribution in [2.75, 3.05) is 7.11 Å². The Morgan fingerprint density at radius 3 is 2.05 bits per heavy atom. The van der Waals surface area contributed by atoms with E-state index in [1.165, 1.54) is 7.11 Å². The van der Waals surface area contributed by atoms with Gasteiger partial charge in [-0.1, -0.05) is 34.6 Å². The summed E-state index contributed by atoms with van der Waals surface area (Å²) in [5, 5.41) is 0. The predicted octanol–water partition coefficient (Wildman–Crippen LogP) is 3.58. The molecule has 0 saturated carbocycles. The maximum atomic E-state index is 12.0. The van der Waals surface area contributed by atoms with Crippen LogP contribution in [0.4, 0.5) is 0 Å². The van der Waals surface area contributed by atoms with E-state index in [4.69, 9.17) is 9.47 Å². The van der Waals surface area contributed by atoms with Crippen LogP contribution >= 0.6 is 0 Å². The summed E-state index contributed by atoms with van der Waals surface area (Å²) in [6.07, 6.45) is 1.22. The van der Waals surface area contributed by atoms with Gasteiger partial charge >= 0.3 is 11.9 Å². The molecule has 2 atom stereocenters. The number of ether oxygens (including phenoxy) is 2. The quantitative estimate of drug-likeness (QED) is 0.728. The molecule has 0 aromatic carbocycles. The molecule has 0 radical (unpaired) electrons. The van der Waals surface area contributed by atoms with Gasteiger partial charge in [0, 0.05) is 6.42 Å². The third-order valence-electron chi connectivity index (χ3n) is 4.17. The van der Waals surface area contributed by atoms with Gasteiger partial charge in [-0.15, -0.1) is 0 Å². The lowest BCUT2D eigenvalue weighted by Gasteiger charge is -2.48. The lowest BCUT2D eigenvalue weighted by Crippen LogP contribution is -2.55. The topological polar surface area (TPSA) is 52.6 Å². The van der Waals surface area contributed by atoms with Crippen molar-refractivity contribution < 1.29 is 19.1 Å². The smallest absolute Gasteiger partial charge is 0.313 e. The van der Waals surface area contributed by atoms with Gasteiger partial charge in [-0.3, -0.25) is 9.59 Å². The third-order valence-corrected chi connectivity index (χ3v) is 4.17. The largest absolute Gasteiger partial charge is 0.469 e.